The van der Waals surface area contributed by atoms with Crippen LogP contribution in [0.5, 0.6) is 0 Å². The van der Waals surface area contributed by atoms with Crippen LogP contribution >= 0.6 is 11.6 Å². The van der Waals surface area contributed by atoms with Crippen LogP contribution in [0.25, 0.3) is 0 Å². The first-order valence-electron chi connectivity index (χ1n) is 15.3. The number of halogens is 1. The van der Waals surface area contributed by atoms with E-state index >= 15 is 0 Å². The standard InChI is InChI=1S/C30H43ClN6O4S/c1-19-5-3-6-20(2)29(19)26-12-28-35-30(34-26)36-42(38,39)25-8-4-7-21(11-25)15-37(16-22-13-32-14-27(31)33-22)23(18-41-28)17-40-24-9-10-24/h3,5-6,13-14,21,23-26,28,30,34-36H,4,7-12,15-18H2,1-2H3/t21?,23-,25?,26?,28?,30?/m1/s1. The summed E-state index contributed by atoms with van der Waals surface area (Å²) >= 11 is 6.20. The third kappa shape index (κ3) is 7.50. The van der Waals surface area contributed by atoms with E-state index in [4.69, 9.17) is 21.1 Å². The van der Waals surface area contributed by atoms with Crippen molar-refractivity contribution in [3.63, 3.8) is 0 Å². The quantitative estimate of drug-likeness (QED) is 0.447. The van der Waals surface area contributed by atoms with Crippen molar-refractivity contribution < 1.29 is 17.9 Å². The molecule has 10 nitrogen and oxygen atoms in total. The van der Waals surface area contributed by atoms with E-state index in [1.165, 1.54) is 22.9 Å². The topological polar surface area (TPSA) is 118 Å². The Kier molecular flexibility index (Phi) is 9.47. The van der Waals surface area contributed by atoms with Gasteiger partial charge in [0, 0.05) is 31.7 Å². The maximum absolute atomic E-state index is 13.8. The number of nitrogens with zero attached hydrogens (tertiary/aromatic N) is 3. The van der Waals surface area contributed by atoms with Crippen molar-refractivity contribution in [1.29, 1.82) is 0 Å². The Morgan fingerprint density at radius 1 is 1.10 bits per heavy atom. The van der Waals surface area contributed by atoms with Gasteiger partial charge in [-0.15, -0.1) is 0 Å². The summed E-state index contributed by atoms with van der Waals surface area (Å²) in [6, 6.07) is 6.16. The highest BCUT2D eigenvalue weighted by Gasteiger charge is 2.39. The lowest BCUT2D eigenvalue weighted by atomic mass is 9.88. The maximum Gasteiger partial charge on any atom is 0.216 e. The van der Waals surface area contributed by atoms with Crippen molar-refractivity contribution in [2.45, 2.75) is 101 Å². The molecule has 2 saturated carbocycles. The summed E-state index contributed by atoms with van der Waals surface area (Å²) in [7, 11) is -3.59. The Hall–Kier alpha value is -1.70. The SMILES string of the molecule is Cc1cccc(C)c1C1CC2NC(N1)NS(=O)(=O)C1CCCC(C1)CN(Cc1cncc(Cl)n1)[C@H](COC1CC1)CO2. The van der Waals surface area contributed by atoms with Crippen molar-refractivity contribution in [2.75, 3.05) is 19.8 Å². The van der Waals surface area contributed by atoms with Crippen LogP contribution in [0.4, 0.5) is 0 Å². The number of rotatable bonds is 6. The van der Waals surface area contributed by atoms with Crippen LogP contribution < -0.4 is 15.4 Å². The first-order valence-corrected chi connectivity index (χ1v) is 17.2. The molecule has 6 atom stereocenters. The fourth-order valence-electron chi connectivity index (χ4n) is 6.80. The minimum atomic E-state index is -3.59. The molecule has 4 fully saturated rings. The van der Waals surface area contributed by atoms with Gasteiger partial charge in [0.05, 0.1) is 42.5 Å². The Labute approximate surface area is 254 Å². The number of sulfonamides is 1. The minimum Gasteiger partial charge on any atom is -0.377 e. The van der Waals surface area contributed by atoms with Crippen molar-refractivity contribution in [2.24, 2.45) is 5.92 Å². The van der Waals surface area contributed by atoms with Crippen LogP contribution in [-0.4, -0.2) is 73.0 Å². The number of ether oxygens (including phenoxy) is 2. The number of hydrogen-bond acceptors (Lipinski definition) is 9. The molecule has 3 heterocycles. The smallest absolute Gasteiger partial charge is 0.216 e. The van der Waals surface area contributed by atoms with E-state index in [2.05, 4.69) is 62.3 Å². The summed E-state index contributed by atoms with van der Waals surface area (Å²) in [4.78, 5) is 11.1. The summed E-state index contributed by atoms with van der Waals surface area (Å²) in [5, 5.41) is 6.86. The summed E-state index contributed by atoms with van der Waals surface area (Å²) in [5.41, 5.74) is 4.31. The fraction of sp³-hybridized carbons (Fsp3) is 0.667. The minimum absolute atomic E-state index is 0.0362. The molecule has 230 valence electrons. The van der Waals surface area contributed by atoms with Crippen LogP contribution in [0.15, 0.2) is 30.6 Å². The predicted octanol–water partition coefficient (Wildman–Crippen LogP) is 3.54. The van der Waals surface area contributed by atoms with Crippen LogP contribution in [0.3, 0.4) is 0 Å². The van der Waals surface area contributed by atoms with Crippen molar-refractivity contribution >= 4 is 21.6 Å². The van der Waals surface area contributed by atoms with Gasteiger partial charge in [-0.25, -0.2) is 13.4 Å². The molecule has 0 radical (unpaired) electrons. The average molecular weight is 619 g/mol. The Bertz CT molecular complexity index is 1320. The second-order valence-electron chi connectivity index (χ2n) is 12.4. The molecule has 2 aliphatic carbocycles. The first kappa shape index (κ1) is 30.3. The third-order valence-electron chi connectivity index (χ3n) is 9.08. The molecule has 0 amide bonds. The fourth-order valence-corrected chi connectivity index (χ4v) is 8.63. The summed E-state index contributed by atoms with van der Waals surface area (Å²) in [6.07, 6.45) is 8.57. The van der Waals surface area contributed by atoms with E-state index < -0.39 is 21.6 Å². The summed E-state index contributed by atoms with van der Waals surface area (Å²) in [5.74, 6) is 0.222. The van der Waals surface area contributed by atoms with Gasteiger partial charge in [-0.3, -0.25) is 20.5 Å². The van der Waals surface area contributed by atoms with E-state index in [0.717, 1.165) is 37.9 Å². The molecule has 42 heavy (non-hydrogen) atoms. The lowest BCUT2D eigenvalue weighted by Crippen LogP contribution is -2.64. The van der Waals surface area contributed by atoms with Gasteiger partial charge in [0.15, 0.2) is 0 Å². The molecule has 2 aromatic rings. The number of aromatic nitrogens is 2. The van der Waals surface area contributed by atoms with Gasteiger partial charge in [-0.2, -0.15) is 4.72 Å². The van der Waals surface area contributed by atoms with Crippen LogP contribution in [0, 0.1) is 19.8 Å². The van der Waals surface area contributed by atoms with E-state index in [0.29, 0.717) is 50.3 Å². The molecule has 6 rings (SSSR count). The third-order valence-corrected chi connectivity index (χ3v) is 11.1. The lowest BCUT2D eigenvalue weighted by Gasteiger charge is -2.40. The van der Waals surface area contributed by atoms with E-state index in [1.807, 2.05) is 0 Å². The van der Waals surface area contributed by atoms with E-state index in [1.54, 1.807) is 6.20 Å². The molecule has 4 bridgehead atoms. The highest BCUT2D eigenvalue weighted by molar-refractivity contribution is 7.90. The van der Waals surface area contributed by atoms with Gasteiger partial charge < -0.3 is 9.47 Å². The number of benzene rings is 1. The molecule has 12 heteroatoms. The molecule has 2 aliphatic heterocycles. The normalized spacial score (nSPS) is 32.4. The van der Waals surface area contributed by atoms with Crippen LogP contribution in [-0.2, 0) is 26.0 Å². The molecule has 4 aliphatic rings. The van der Waals surface area contributed by atoms with E-state index in [-0.39, 0.29) is 24.2 Å². The summed E-state index contributed by atoms with van der Waals surface area (Å²) < 4.78 is 43.4. The molecule has 0 spiro atoms. The van der Waals surface area contributed by atoms with Crippen molar-refractivity contribution in [3.05, 3.63) is 58.1 Å². The van der Waals surface area contributed by atoms with Gasteiger partial charge in [0.1, 0.15) is 17.7 Å². The molecule has 2 saturated heterocycles. The van der Waals surface area contributed by atoms with Gasteiger partial charge in [0.2, 0.25) is 10.0 Å². The van der Waals surface area contributed by atoms with Crippen molar-refractivity contribution in [3.8, 4) is 0 Å². The highest BCUT2D eigenvalue weighted by atomic mass is 35.5. The van der Waals surface area contributed by atoms with Gasteiger partial charge >= 0.3 is 0 Å². The average Bonchev–Trinajstić information content (AvgIpc) is 3.77. The maximum atomic E-state index is 13.8. The van der Waals surface area contributed by atoms with Crippen molar-refractivity contribution in [1.82, 2.24) is 30.2 Å². The second-order valence-corrected chi connectivity index (χ2v) is 14.8. The zero-order chi connectivity index (χ0) is 29.3. The Morgan fingerprint density at radius 3 is 2.67 bits per heavy atom. The molecule has 1 aromatic carbocycles. The van der Waals surface area contributed by atoms with E-state index in [9.17, 15) is 8.42 Å². The van der Waals surface area contributed by atoms with Gasteiger partial charge in [0.25, 0.3) is 0 Å². The molecular formula is C30H43ClN6O4S. The number of hydrogen-bond donors (Lipinski definition) is 3. The summed E-state index contributed by atoms with van der Waals surface area (Å²) in [6.45, 7) is 6.46. The van der Waals surface area contributed by atoms with Gasteiger partial charge in [-0.05, 0) is 68.6 Å². The lowest BCUT2D eigenvalue weighted by molar-refractivity contribution is -0.0638. The predicted molar refractivity (Wildman–Crippen MR) is 161 cm³/mol. The van der Waals surface area contributed by atoms with Crippen LogP contribution in [0.1, 0.15) is 73.4 Å². The second kappa shape index (κ2) is 13.1. The van der Waals surface area contributed by atoms with Crippen LogP contribution in [0.2, 0.25) is 5.15 Å². The zero-order valence-electron chi connectivity index (χ0n) is 24.5. The van der Waals surface area contributed by atoms with Gasteiger partial charge in [-0.1, -0.05) is 36.2 Å². The molecule has 3 N–H and O–H groups in total. The Morgan fingerprint density at radius 2 is 1.90 bits per heavy atom. The Balaban J connectivity index is 1.32. The highest BCUT2D eigenvalue weighted by Crippen LogP contribution is 2.33. The molecular weight excluding hydrogens is 576 g/mol. The zero-order valence-corrected chi connectivity index (χ0v) is 26.0. The monoisotopic (exact) mass is 618 g/mol. The number of nitrogens with one attached hydrogen (secondary N) is 3. The molecule has 1 aromatic heterocycles. The number of fused-ring (bicyclic) bond motifs is 4. The number of aryl methyl sites for hydroxylation is 2. The molecule has 5 unspecified atom stereocenters. The largest absolute Gasteiger partial charge is 0.377 e. The first-order chi connectivity index (χ1) is 20.2.